The lowest BCUT2D eigenvalue weighted by molar-refractivity contribution is -0.185. The number of hydrogen-bond donors (Lipinski definition) is 0. The molecule has 0 saturated heterocycles. The number of ether oxygens (including phenoxy) is 1. The molecule has 9 rings (SSSR count). The van der Waals surface area contributed by atoms with E-state index in [4.69, 9.17) is 16.3 Å². The maximum Gasteiger partial charge on any atom is 0.303 e. The van der Waals surface area contributed by atoms with Crippen LogP contribution in [0.5, 0.6) is 0 Å². The lowest BCUT2D eigenvalue weighted by atomic mass is 9.47. The SMILES string of the molecule is CC(=O)O[C@]1(C(C)=O)CC[C@H]2[C@@H]3C=C(Cl)C4=CC(=O)[C@@H]5C[C@@H]5[C@]4(C)[C@H]3CC[C@@]21C.CC(=O)[C@H]1CC[C@H]2[C@@H]3CCC4=CC(=O)CC[C@]4(C)[C@H]3CC[C@]12C. The topological polar surface area (TPSA) is 94.6 Å². The van der Waals surface area contributed by atoms with Crippen LogP contribution >= 0.6 is 11.6 Å². The Balaban J connectivity index is 0.000000153. The second kappa shape index (κ2) is 12.1. The number of rotatable bonds is 3. The van der Waals surface area contributed by atoms with Gasteiger partial charge in [0.25, 0.3) is 0 Å². The third-order valence-electron chi connectivity index (χ3n) is 18.0. The Kier molecular flexibility index (Phi) is 8.51. The monoisotopic (exact) mass is 730 g/mol. The van der Waals surface area contributed by atoms with E-state index in [1.165, 1.54) is 38.2 Å². The Bertz CT molecular complexity index is 1740. The summed E-state index contributed by atoms with van der Waals surface area (Å²) in [6, 6.07) is 0. The van der Waals surface area contributed by atoms with Gasteiger partial charge in [0.05, 0.1) is 0 Å². The second-order valence-corrected chi connectivity index (χ2v) is 20.1. The van der Waals surface area contributed by atoms with Crippen molar-refractivity contribution in [3.63, 3.8) is 0 Å². The lowest BCUT2D eigenvalue weighted by Crippen LogP contribution is -2.58. The molecule has 0 aliphatic heterocycles. The van der Waals surface area contributed by atoms with E-state index < -0.39 is 5.60 Å². The summed E-state index contributed by atoms with van der Waals surface area (Å²) in [5.74, 6) is 4.56. The van der Waals surface area contributed by atoms with E-state index in [2.05, 4.69) is 33.8 Å². The standard InChI is InChI=1S/C24H29ClO4.C21H30O2/c1-12(26)24(29-13(2)27)8-6-16-14-10-20(25)19-11-21(28)15-9-18(15)23(19,4)17(14)5-7-22(16,24)3;1-13(22)17-6-7-18-16-5-4-14-12-15(23)8-10-20(14,2)19(16)9-11-21(17,18)3/h10-11,14-18H,5-9H2,1-4H3;12,16-19H,4-11H2,1-3H3/t14-,15+,16-,17-,18-,22-,23-,24-;16-,17+,18-,19-,20-,21+/m00/s1. The van der Waals surface area contributed by atoms with Crippen molar-refractivity contribution < 1.29 is 28.7 Å². The quantitative estimate of drug-likeness (QED) is 0.269. The van der Waals surface area contributed by atoms with Crippen LogP contribution in [0.1, 0.15) is 132 Å². The molecule has 0 unspecified atom stereocenters. The van der Waals surface area contributed by atoms with Crippen LogP contribution in [-0.4, -0.2) is 34.7 Å². The highest BCUT2D eigenvalue weighted by Crippen LogP contribution is 2.73. The normalized spacial score (nSPS) is 49.4. The van der Waals surface area contributed by atoms with Crippen molar-refractivity contribution in [3.05, 3.63) is 34.4 Å². The number of allylic oxidation sites excluding steroid dienone is 5. The molecule has 9 aliphatic carbocycles. The van der Waals surface area contributed by atoms with Crippen molar-refractivity contribution in [2.75, 3.05) is 0 Å². The fourth-order valence-electron chi connectivity index (χ4n) is 15.3. The Morgan fingerprint density at radius 3 is 2.17 bits per heavy atom. The first kappa shape index (κ1) is 36.6. The average molecular weight is 731 g/mol. The zero-order valence-corrected chi connectivity index (χ0v) is 33.2. The number of halogens is 1. The van der Waals surface area contributed by atoms with Gasteiger partial charge in [-0.3, -0.25) is 24.0 Å². The first-order valence-electron chi connectivity index (χ1n) is 20.5. The van der Waals surface area contributed by atoms with Gasteiger partial charge in [-0.2, -0.15) is 0 Å². The molecule has 0 amide bonds. The molecule has 0 aromatic heterocycles. The van der Waals surface area contributed by atoms with E-state index in [1.54, 1.807) is 13.8 Å². The maximum absolute atomic E-state index is 12.8. The highest BCUT2D eigenvalue weighted by atomic mass is 35.5. The molecule has 6 saturated carbocycles. The lowest BCUT2D eigenvalue weighted by Gasteiger charge is -2.58. The van der Waals surface area contributed by atoms with Crippen molar-refractivity contribution in [3.8, 4) is 0 Å². The second-order valence-electron chi connectivity index (χ2n) is 19.7. The fourth-order valence-corrected chi connectivity index (χ4v) is 15.7. The van der Waals surface area contributed by atoms with E-state index in [0.717, 1.165) is 74.7 Å². The van der Waals surface area contributed by atoms with Gasteiger partial charge in [0.2, 0.25) is 0 Å². The molecule has 6 fully saturated rings. The van der Waals surface area contributed by atoms with E-state index >= 15 is 0 Å². The first-order chi connectivity index (χ1) is 24.4. The largest absolute Gasteiger partial charge is 0.451 e. The Morgan fingerprint density at radius 1 is 0.769 bits per heavy atom. The highest BCUT2D eigenvalue weighted by Gasteiger charge is 2.70. The number of ketones is 4. The summed E-state index contributed by atoms with van der Waals surface area (Å²) >= 11 is 6.79. The minimum Gasteiger partial charge on any atom is -0.451 e. The highest BCUT2D eigenvalue weighted by molar-refractivity contribution is 6.32. The molecule has 0 bridgehead atoms. The van der Waals surface area contributed by atoms with Crippen LogP contribution < -0.4 is 0 Å². The molecular formula is C45H59ClO6. The average Bonchev–Trinajstić information content (AvgIpc) is 3.74. The van der Waals surface area contributed by atoms with Gasteiger partial charge in [0, 0.05) is 41.0 Å². The Labute approximate surface area is 315 Å². The van der Waals surface area contributed by atoms with E-state index in [9.17, 15) is 24.0 Å². The summed E-state index contributed by atoms with van der Waals surface area (Å²) in [5, 5.41) is 0.713. The van der Waals surface area contributed by atoms with Crippen molar-refractivity contribution in [1.82, 2.24) is 0 Å². The molecule has 0 radical (unpaired) electrons. The summed E-state index contributed by atoms with van der Waals surface area (Å²) in [6.07, 6.45) is 19.1. The smallest absolute Gasteiger partial charge is 0.303 e. The minimum atomic E-state index is -1.03. The molecule has 6 nitrogen and oxygen atoms in total. The third kappa shape index (κ3) is 4.89. The van der Waals surface area contributed by atoms with E-state index in [1.807, 2.05) is 12.2 Å². The number of carbonyl (C=O) groups is 5. The maximum atomic E-state index is 12.8. The van der Waals surface area contributed by atoms with Crippen molar-refractivity contribution in [1.29, 1.82) is 0 Å². The number of hydrogen-bond acceptors (Lipinski definition) is 6. The summed E-state index contributed by atoms with van der Waals surface area (Å²) in [6.45, 7) is 14.1. The zero-order chi connectivity index (χ0) is 37.3. The molecule has 0 aromatic rings. The Hall–Kier alpha value is -2.34. The van der Waals surface area contributed by atoms with Gasteiger partial charge in [-0.1, -0.05) is 50.9 Å². The van der Waals surface area contributed by atoms with Crippen LogP contribution in [0.2, 0.25) is 0 Å². The van der Waals surface area contributed by atoms with E-state index in [-0.39, 0.29) is 56.9 Å². The van der Waals surface area contributed by atoms with Crippen LogP contribution in [0, 0.1) is 74.9 Å². The van der Waals surface area contributed by atoms with Crippen LogP contribution in [0.4, 0.5) is 0 Å². The summed E-state index contributed by atoms with van der Waals surface area (Å²) in [7, 11) is 0. The van der Waals surface area contributed by atoms with Gasteiger partial charge in [-0.05, 0) is 161 Å². The van der Waals surface area contributed by atoms with Gasteiger partial charge in [0.1, 0.15) is 5.78 Å². The Morgan fingerprint density at radius 2 is 1.48 bits per heavy atom. The van der Waals surface area contributed by atoms with Gasteiger partial charge < -0.3 is 4.74 Å². The number of Topliss-reactive ketones (excluding diaryl/α,β-unsaturated/α-hetero) is 2. The van der Waals surface area contributed by atoms with Crippen molar-refractivity contribution in [2.45, 2.75) is 138 Å². The van der Waals surface area contributed by atoms with Gasteiger partial charge in [0.15, 0.2) is 23.0 Å². The van der Waals surface area contributed by atoms with Crippen LogP contribution in [0.15, 0.2) is 34.4 Å². The third-order valence-corrected chi connectivity index (χ3v) is 18.3. The molecule has 0 aromatic carbocycles. The van der Waals surface area contributed by atoms with Crippen LogP contribution in [0.25, 0.3) is 0 Å². The molecule has 282 valence electrons. The number of carbonyl (C=O) groups excluding carboxylic acids is 5. The first-order valence-corrected chi connectivity index (χ1v) is 20.9. The van der Waals surface area contributed by atoms with Crippen LogP contribution in [0.3, 0.4) is 0 Å². The molecule has 9 aliphatic rings. The molecular weight excluding hydrogens is 672 g/mol. The molecule has 0 spiro atoms. The molecule has 0 N–H and O–H groups in total. The minimum absolute atomic E-state index is 0.0423. The van der Waals surface area contributed by atoms with Gasteiger partial charge in [-0.15, -0.1) is 0 Å². The molecule has 52 heavy (non-hydrogen) atoms. The molecule has 0 heterocycles. The number of esters is 1. The number of fused-ring (bicyclic) bond motifs is 12. The van der Waals surface area contributed by atoms with Crippen molar-refractivity contribution >= 4 is 40.7 Å². The van der Waals surface area contributed by atoms with Crippen LogP contribution in [-0.2, 0) is 28.7 Å². The zero-order valence-electron chi connectivity index (χ0n) is 32.4. The molecule has 14 atom stereocenters. The van der Waals surface area contributed by atoms with Gasteiger partial charge in [-0.25, -0.2) is 0 Å². The predicted molar refractivity (Wildman–Crippen MR) is 200 cm³/mol. The molecule has 7 heteroatoms. The van der Waals surface area contributed by atoms with Gasteiger partial charge >= 0.3 is 5.97 Å². The summed E-state index contributed by atoms with van der Waals surface area (Å²) < 4.78 is 5.82. The van der Waals surface area contributed by atoms with Crippen molar-refractivity contribution in [2.24, 2.45) is 74.9 Å². The summed E-state index contributed by atoms with van der Waals surface area (Å²) in [4.78, 5) is 61.1. The fraction of sp³-hybridized carbons (Fsp3) is 0.756. The predicted octanol–water partition coefficient (Wildman–Crippen LogP) is 9.33. The van der Waals surface area contributed by atoms with E-state index in [0.29, 0.717) is 40.8 Å². The summed E-state index contributed by atoms with van der Waals surface area (Å²) in [5.41, 5.74) is 1.49.